The molecule has 0 spiro atoms. The van der Waals surface area contributed by atoms with Crippen LogP contribution in [0.1, 0.15) is 5.56 Å². The van der Waals surface area contributed by atoms with E-state index in [4.69, 9.17) is 11.6 Å². The van der Waals surface area contributed by atoms with Gasteiger partial charge < -0.3 is 5.32 Å². The van der Waals surface area contributed by atoms with Crippen molar-refractivity contribution in [2.45, 2.75) is 6.92 Å². The molecule has 0 fully saturated rings. The zero-order valence-electron chi connectivity index (χ0n) is 15.4. The fourth-order valence-corrected chi connectivity index (χ4v) is 3.90. The molecule has 29 heavy (non-hydrogen) atoms. The number of aryl methyl sites for hydroxylation is 1. The first-order chi connectivity index (χ1) is 14.2. The van der Waals surface area contributed by atoms with Gasteiger partial charge in [-0.2, -0.15) is 4.98 Å². The monoisotopic (exact) mass is 418 g/mol. The molecule has 0 radical (unpaired) electrons. The fourth-order valence-electron chi connectivity index (χ4n) is 2.95. The maximum Gasteiger partial charge on any atom is 0.249 e. The van der Waals surface area contributed by atoms with Gasteiger partial charge in [0, 0.05) is 21.5 Å². The third kappa shape index (κ3) is 3.57. The number of benzene rings is 2. The molecule has 3 aromatic heterocycles. The average molecular weight is 419 g/mol. The molecule has 0 aliphatic heterocycles. The van der Waals surface area contributed by atoms with Gasteiger partial charge in [-0.05, 0) is 31.2 Å². The highest BCUT2D eigenvalue weighted by Gasteiger charge is 2.12. The van der Waals surface area contributed by atoms with E-state index in [-0.39, 0.29) is 0 Å². The molecule has 0 saturated carbocycles. The molecule has 5 rings (SSSR count). The highest BCUT2D eigenvalue weighted by Crippen LogP contribution is 2.27. The molecule has 3 heterocycles. The van der Waals surface area contributed by atoms with Crippen LogP contribution in [0.4, 0.5) is 11.8 Å². The van der Waals surface area contributed by atoms with Crippen LogP contribution in [0.15, 0.2) is 66.0 Å². The Morgan fingerprint density at radius 3 is 2.38 bits per heavy atom. The number of aromatic nitrogens is 5. The van der Waals surface area contributed by atoms with Crippen molar-refractivity contribution in [3.63, 3.8) is 0 Å². The Bertz CT molecular complexity index is 1270. The smallest absolute Gasteiger partial charge is 0.249 e. The summed E-state index contributed by atoms with van der Waals surface area (Å²) in [6.07, 6.45) is 0. The summed E-state index contributed by atoms with van der Waals surface area (Å²) < 4.78 is 1.81. The van der Waals surface area contributed by atoms with Crippen LogP contribution in [0, 0.1) is 6.92 Å². The summed E-state index contributed by atoms with van der Waals surface area (Å²) >= 11 is 7.51. The van der Waals surface area contributed by atoms with Gasteiger partial charge in [0.05, 0.1) is 11.4 Å². The lowest BCUT2D eigenvalue weighted by Crippen LogP contribution is -1.98. The number of thiazole rings is 1. The molecule has 6 nitrogen and oxygen atoms in total. The number of nitrogens with one attached hydrogen (secondary N) is 1. The van der Waals surface area contributed by atoms with Gasteiger partial charge in [0.1, 0.15) is 0 Å². The van der Waals surface area contributed by atoms with Gasteiger partial charge >= 0.3 is 0 Å². The van der Waals surface area contributed by atoms with E-state index in [0.717, 1.165) is 27.5 Å². The second-order valence-corrected chi connectivity index (χ2v) is 7.83. The lowest BCUT2D eigenvalue weighted by Gasteiger charge is -2.03. The Kier molecular flexibility index (Phi) is 4.46. The first kappa shape index (κ1) is 17.8. The number of halogens is 1. The summed E-state index contributed by atoms with van der Waals surface area (Å²) in [6.45, 7) is 2.06. The van der Waals surface area contributed by atoms with E-state index in [1.165, 1.54) is 16.9 Å². The van der Waals surface area contributed by atoms with Crippen LogP contribution in [0.5, 0.6) is 0 Å². The predicted octanol–water partition coefficient (Wildman–Crippen LogP) is 5.62. The van der Waals surface area contributed by atoms with Crippen LogP contribution in [-0.4, -0.2) is 24.8 Å². The molecule has 2 aromatic carbocycles. The van der Waals surface area contributed by atoms with E-state index in [1.54, 1.807) is 0 Å². The van der Waals surface area contributed by atoms with Gasteiger partial charge in [-0.25, -0.2) is 4.52 Å². The number of fused-ring (bicyclic) bond motifs is 1. The van der Waals surface area contributed by atoms with Gasteiger partial charge in [0.25, 0.3) is 0 Å². The lowest BCUT2D eigenvalue weighted by molar-refractivity contribution is 0.980. The minimum atomic E-state index is 0.476. The van der Waals surface area contributed by atoms with Crippen LogP contribution in [0.3, 0.4) is 0 Å². The van der Waals surface area contributed by atoms with Crippen LogP contribution in [0.25, 0.3) is 27.5 Å². The van der Waals surface area contributed by atoms with Gasteiger partial charge in [0.2, 0.25) is 10.9 Å². The van der Waals surface area contributed by atoms with Crippen molar-refractivity contribution in [3.8, 4) is 22.5 Å². The van der Waals surface area contributed by atoms with Gasteiger partial charge in [-0.3, -0.25) is 0 Å². The number of hydrogen-bond acceptors (Lipinski definition) is 6. The molecule has 0 unspecified atom stereocenters. The molecule has 0 bridgehead atoms. The third-order valence-corrected chi connectivity index (χ3v) is 5.54. The van der Waals surface area contributed by atoms with E-state index in [9.17, 15) is 0 Å². The van der Waals surface area contributed by atoms with Crippen molar-refractivity contribution in [2.75, 3.05) is 5.32 Å². The van der Waals surface area contributed by atoms with E-state index < -0.39 is 0 Å². The maximum absolute atomic E-state index is 5.99. The van der Waals surface area contributed by atoms with Crippen LogP contribution in [0.2, 0.25) is 5.02 Å². The Balaban J connectivity index is 1.39. The first-order valence-electron chi connectivity index (χ1n) is 8.94. The van der Waals surface area contributed by atoms with E-state index in [1.807, 2.05) is 58.4 Å². The lowest BCUT2D eigenvalue weighted by atomic mass is 10.1. The molecule has 5 aromatic rings. The third-order valence-electron chi connectivity index (χ3n) is 4.47. The van der Waals surface area contributed by atoms with E-state index in [0.29, 0.717) is 16.8 Å². The highest BCUT2D eigenvalue weighted by atomic mass is 35.5. The van der Waals surface area contributed by atoms with Crippen molar-refractivity contribution in [1.82, 2.24) is 24.8 Å². The average Bonchev–Trinajstić information content (AvgIpc) is 3.30. The summed E-state index contributed by atoms with van der Waals surface area (Å²) in [5.41, 5.74) is 5.05. The zero-order valence-corrected chi connectivity index (χ0v) is 16.9. The molecule has 0 aliphatic carbocycles. The van der Waals surface area contributed by atoms with E-state index >= 15 is 0 Å². The number of nitrogens with zero attached hydrogens (tertiary/aromatic N) is 5. The quantitative estimate of drug-likeness (QED) is 0.410. The minimum Gasteiger partial charge on any atom is -0.306 e. The van der Waals surface area contributed by atoms with Crippen LogP contribution in [-0.2, 0) is 0 Å². The minimum absolute atomic E-state index is 0.476. The molecule has 0 saturated heterocycles. The highest BCUT2D eigenvalue weighted by molar-refractivity contribution is 7.15. The number of anilines is 2. The molecule has 1 N–H and O–H groups in total. The van der Waals surface area contributed by atoms with Crippen molar-refractivity contribution in [2.24, 2.45) is 0 Å². The molecular weight excluding hydrogens is 404 g/mol. The SMILES string of the molecule is Cc1ccc(-c2ccc(Nc3nc4scc(-c5ccc(Cl)cc5)n4n3)nn2)cc1. The molecule has 0 aliphatic rings. The predicted molar refractivity (Wildman–Crippen MR) is 117 cm³/mol. The van der Waals surface area contributed by atoms with Crippen molar-refractivity contribution < 1.29 is 0 Å². The Hall–Kier alpha value is -3.29. The second-order valence-electron chi connectivity index (χ2n) is 6.55. The fraction of sp³-hybridized carbons (Fsp3) is 0.0476. The zero-order chi connectivity index (χ0) is 19.8. The first-order valence-corrected chi connectivity index (χ1v) is 10.2. The Labute approximate surface area is 175 Å². The van der Waals surface area contributed by atoms with Gasteiger partial charge in [0.15, 0.2) is 5.82 Å². The van der Waals surface area contributed by atoms with Crippen molar-refractivity contribution >= 4 is 39.7 Å². The standard InChI is InChI=1S/C21H15ClN6S/c1-13-2-4-14(5-3-13)17-10-11-19(26-25-17)23-20-24-21-28(27-20)18(12-29-21)15-6-8-16(22)9-7-15/h2-12H,1H3,(H,23,26,27). The van der Waals surface area contributed by atoms with E-state index in [2.05, 4.69) is 44.7 Å². The topological polar surface area (TPSA) is 68.0 Å². The molecule has 8 heteroatoms. The van der Waals surface area contributed by atoms with Crippen LogP contribution >= 0.6 is 22.9 Å². The summed E-state index contributed by atoms with van der Waals surface area (Å²) in [6, 6.07) is 19.7. The van der Waals surface area contributed by atoms with Gasteiger partial charge in [-0.1, -0.05) is 53.6 Å². The number of hydrogen-bond donors (Lipinski definition) is 1. The molecule has 0 atom stereocenters. The Morgan fingerprint density at radius 1 is 0.897 bits per heavy atom. The summed E-state index contributed by atoms with van der Waals surface area (Å²) in [5.74, 6) is 1.07. The Morgan fingerprint density at radius 2 is 1.66 bits per heavy atom. The van der Waals surface area contributed by atoms with Crippen molar-refractivity contribution in [3.05, 3.63) is 76.6 Å². The van der Waals surface area contributed by atoms with Gasteiger partial charge in [-0.15, -0.1) is 26.6 Å². The normalized spacial score (nSPS) is 11.1. The second kappa shape index (κ2) is 7.27. The summed E-state index contributed by atoms with van der Waals surface area (Å²) in [4.78, 5) is 5.32. The number of rotatable bonds is 4. The van der Waals surface area contributed by atoms with Crippen LogP contribution < -0.4 is 5.32 Å². The molecular formula is C21H15ClN6S. The molecule has 142 valence electrons. The maximum atomic E-state index is 5.99. The summed E-state index contributed by atoms with van der Waals surface area (Å²) in [5, 5.41) is 19.0. The largest absolute Gasteiger partial charge is 0.306 e. The van der Waals surface area contributed by atoms with Crippen molar-refractivity contribution in [1.29, 1.82) is 0 Å². The molecule has 0 amide bonds. The summed E-state index contributed by atoms with van der Waals surface area (Å²) in [7, 11) is 0.